The molecule has 2 bridgehead atoms. The molecule has 39 heavy (non-hydrogen) atoms. The van der Waals surface area contributed by atoms with Crippen LogP contribution in [0, 0.1) is 5.92 Å². The van der Waals surface area contributed by atoms with E-state index in [4.69, 9.17) is 14.6 Å². The molecule has 9 heteroatoms. The Morgan fingerprint density at radius 1 is 0.974 bits per heavy atom. The van der Waals surface area contributed by atoms with Crippen LogP contribution in [0.4, 0.5) is 0 Å². The molecule has 1 unspecified atom stereocenters. The molecule has 3 aliphatic rings. The molecule has 0 amide bonds. The minimum absolute atomic E-state index is 0.189. The van der Waals surface area contributed by atoms with E-state index >= 15 is 0 Å². The van der Waals surface area contributed by atoms with Crippen LogP contribution >= 0.6 is 0 Å². The van der Waals surface area contributed by atoms with Crippen LogP contribution in [0.1, 0.15) is 24.5 Å². The molecule has 4 aromatic rings. The van der Waals surface area contributed by atoms with Gasteiger partial charge in [-0.25, -0.2) is 13.1 Å². The summed E-state index contributed by atoms with van der Waals surface area (Å²) >= 11 is 0. The first-order valence-electron chi connectivity index (χ1n) is 13.3. The lowest BCUT2D eigenvalue weighted by atomic mass is 9.74. The molecule has 0 radical (unpaired) electrons. The van der Waals surface area contributed by atoms with Gasteiger partial charge in [0, 0.05) is 43.4 Å². The van der Waals surface area contributed by atoms with Gasteiger partial charge >= 0.3 is 0 Å². The Bertz CT molecular complexity index is 1620. The van der Waals surface area contributed by atoms with Gasteiger partial charge in [-0.1, -0.05) is 30.3 Å². The summed E-state index contributed by atoms with van der Waals surface area (Å²) in [7, 11) is 1.68. The highest BCUT2D eigenvalue weighted by atomic mass is 32.2. The topological polar surface area (TPSA) is 85.7 Å². The third kappa shape index (κ3) is 4.90. The first-order chi connectivity index (χ1) is 18.9. The van der Waals surface area contributed by atoms with Crippen molar-refractivity contribution in [3.05, 3.63) is 72.4 Å². The SMILES string of the molecule is COc1ccc(-c2cc([C@H]3CN4CC[C@H]3C[C@@H]4CNS(=O)(=O)c3ccc4ccccc4c3)n(C)n2)cc1OC. The standard InChI is InChI=1S/C30H34N4O4S/c1-33-28(17-27(32-33)23-9-11-29(37-2)30(16-23)38-3)26-19-34-13-12-22(26)14-24(34)18-31-39(35,36)25-10-8-20-6-4-5-7-21(20)15-25/h4-11,15-17,22,24,26,31H,12-14,18-19H2,1-3H3/t22-,24+,26-/m0/s1. The number of benzene rings is 3. The molecule has 1 aromatic heterocycles. The summed E-state index contributed by atoms with van der Waals surface area (Å²) in [6, 6.07) is 21.3. The number of hydrogen-bond donors (Lipinski definition) is 1. The molecule has 3 fully saturated rings. The smallest absolute Gasteiger partial charge is 0.240 e. The Morgan fingerprint density at radius 3 is 2.51 bits per heavy atom. The van der Waals surface area contributed by atoms with Gasteiger partial charge in [0.15, 0.2) is 11.5 Å². The molecule has 0 aliphatic carbocycles. The van der Waals surface area contributed by atoms with Crippen molar-refractivity contribution in [2.45, 2.75) is 29.7 Å². The molecular formula is C30H34N4O4S. The molecule has 4 heterocycles. The molecule has 0 spiro atoms. The van der Waals surface area contributed by atoms with Gasteiger partial charge in [0.1, 0.15) is 0 Å². The number of aromatic nitrogens is 2. The van der Waals surface area contributed by atoms with Gasteiger partial charge in [0.2, 0.25) is 10.0 Å². The second-order valence-corrected chi connectivity index (χ2v) is 12.3. The lowest BCUT2D eigenvalue weighted by Crippen LogP contribution is -2.56. The van der Waals surface area contributed by atoms with E-state index in [0.29, 0.717) is 34.8 Å². The summed E-state index contributed by atoms with van der Waals surface area (Å²) < 4.78 is 42.0. The number of piperidine rings is 3. The van der Waals surface area contributed by atoms with E-state index in [-0.39, 0.29) is 6.04 Å². The van der Waals surface area contributed by atoms with E-state index in [1.165, 1.54) is 5.69 Å². The molecule has 3 saturated heterocycles. The Hall–Kier alpha value is -3.40. The second kappa shape index (κ2) is 10.3. The van der Waals surface area contributed by atoms with Crippen molar-refractivity contribution in [2.24, 2.45) is 13.0 Å². The van der Waals surface area contributed by atoms with Crippen LogP contribution < -0.4 is 14.2 Å². The summed E-state index contributed by atoms with van der Waals surface area (Å²) in [6.07, 6.45) is 2.07. The van der Waals surface area contributed by atoms with Gasteiger partial charge in [-0.05, 0) is 72.5 Å². The zero-order chi connectivity index (χ0) is 27.1. The minimum Gasteiger partial charge on any atom is -0.493 e. The van der Waals surface area contributed by atoms with Gasteiger partial charge in [-0.15, -0.1) is 0 Å². The number of sulfonamides is 1. The highest BCUT2D eigenvalue weighted by Gasteiger charge is 2.42. The summed E-state index contributed by atoms with van der Waals surface area (Å²) in [6.45, 7) is 2.31. The van der Waals surface area contributed by atoms with Crippen molar-refractivity contribution in [3.8, 4) is 22.8 Å². The number of ether oxygens (including phenoxy) is 2. The highest BCUT2D eigenvalue weighted by Crippen LogP contribution is 2.43. The van der Waals surface area contributed by atoms with E-state index in [1.807, 2.05) is 60.3 Å². The fraction of sp³-hybridized carbons (Fsp3) is 0.367. The zero-order valence-electron chi connectivity index (χ0n) is 22.5. The summed E-state index contributed by atoms with van der Waals surface area (Å²) in [5.74, 6) is 2.22. The Kier molecular flexibility index (Phi) is 6.82. The molecule has 0 saturated carbocycles. The Balaban J connectivity index is 1.15. The molecule has 204 valence electrons. The van der Waals surface area contributed by atoms with E-state index in [2.05, 4.69) is 15.7 Å². The van der Waals surface area contributed by atoms with Crippen molar-refractivity contribution in [3.63, 3.8) is 0 Å². The largest absolute Gasteiger partial charge is 0.493 e. The first-order valence-corrected chi connectivity index (χ1v) is 14.8. The van der Waals surface area contributed by atoms with E-state index < -0.39 is 10.0 Å². The highest BCUT2D eigenvalue weighted by molar-refractivity contribution is 7.89. The molecule has 3 aliphatic heterocycles. The monoisotopic (exact) mass is 546 g/mol. The van der Waals surface area contributed by atoms with Crippen LogP contribution in [0.15, 0.2) is 71.6 Å². The Labute approximate surface area is 229 Å². The number of nitrogens with zero attached hydrogens (tertiary/aromatic N) is 3. The molecule has 4 atom stereocenters. The quantitative estimate of drug-likeness (QED) is 0.352. The molecule has 1 N–H and O–H groups in total. The van der Waals surface area contributed by atoms with E-state index in [0.717, 1.165) is 48.0 Å². The number of aryl methyl sites for hydroxylation is 1. The lowest BCUT2D eigenvalue weighted by Gasteiger charge is -2.49. The number of hydrogen-bond acceptors (Lipinski definition) is 6. The van der Waals surface area contributed by atoms with Gasteiger partial charge in [0.25, 0.3) is 0 Å². The maximum absolute atomic E-state index is 13.1. The van der Waals surface area contributed by atoms with Crippen molar-refractivity contribution >= 4 is 20.8 Å². The number of methoxy groups -OCH3 is 2. The van der Waals surface area contributed by atoms with Gasteiger partial charge in [-0.3, -0.25) is 9.58 Å². The van der Waals surface area contributed by atoms with Crippen LogP contribution in [-0.4, -0.2) is 63.0 Å². The molecule has 3 aromatic carbocycles. The van der Waals surface area contributed by atoms with E-state index in [9.17, 15) is 8.42 Å². The minimum atomic E-state index is -3.59. The average molecular weight is 547 g/mol. The fourth-order valence-corrected chi connectivity index (χ4v) is 7.38. The van der Waals surface area contributed by atoms with Crippen LogP contribution in [0.25, 0.3) is 22.0 Å². The van der Waals surface area contributed by atoms with Gasteiger partial charge in [-0.2, -0.15) is 5.10 Å². The van der Waals surface area contributed by atoms with Crippen molar-refractivity contribution in [2.75, 3.05) is 33.9 Å². The third-order valence-corrected chi connectivity index (χ3v) is 9.82. The third-order valence-electron chi connectivity index (χ3n) is 8.39. The average Bonchev–Trinajstić information content (AvgIpc) is 3.37. The lowest BCUT2D eigenvalue weighted by molar-refractivity contribution is 0.0306. The van der Waals surface area contributed by atoms with Crippen molar-refractivity contribution in [1.82, 2.24) is 19.4 Å². The zero-order valence-corrected chi connectivity index (χ0v) is 23.3. The van der Waals surface area contributed by atoms with Crippen molar-refractivity contribution in [1.29, 1.82) is 0 Å². The molecule has 7 rings (SSSR count). The summed E-state index contributed by atoms with van der Waals surface area (Å²) in [5.41, 5.74) is 3.10. The normalized spacial score (nSPS) is 22.7. The summed E-state index contributed by atoms with van der Waals surface area (Å²) in [4.78, 5) is 2.75. The van der Waals surface area contributed by atoms with Gasteiger partial charge < -0.3 is 9.47 Å². The van der Waals surface area contributed by atoms with E-state index in [1.54, 1.807) is 26.4 Å². The predicted octanol–water partition coefficient (Wildman–Crippen LogP) is 4.41. The van der Waals surface area contributed by atoms with Gasteiger partial charge in [0.05, 0.1) is 24.8 Å². The number of nitrogens with one attached hydrogen (secondary N) is 1. The second-order valence-electron chi connectivity index (χ2n) is 10.5. The summed E-state index contributed by atoms with van der Waals surface area (Å²) in [5, 5.41) is 6.78. The maximum atomic E-state index is 13.1. The van der Waals surface area contributed by atoms with Crippen LogP contribution in [0.3, 0.4) is 0 Å². The number of rotatable bonds is 8. The maximum Gasteiger partial charge on any atom is 0.240 e. The molecular weight excluding hydrogens is 512 g/mol. The van der Waals surface area contributed by atoms with Crippen LogP contribution in [-0.2, 0) is 17.1 Å². The first kappa shape index (κ1) is 25.9. The predicted molar refractivity (Wildman–Crippen MR) is 152 cm³/mol. The Morgan fingerprint density at radius 2 is 1.77 bits per heavy atom. The fourth-order valence-electron chi connectivity index (χ4n) is 6.27. The number of fused-ring (bicyclic) bond motifs is 4. The van der Waals surface area contributed by atoms with Crippen molar-refractivity contribution < 1.29 is 17.9 Å². The van der Waals surface area contributed by atoms with Crippen LogP contribution in [0.2, 0.25) is 0 Å². The van der Waals surface area contributed by atoms with Crippen LogP contribution in [0.5, 0.6) is 11.5 Å². The molecule has 8 nitrogen and oxygen atoms in total.